The van der Waals surface area contributed by atoms with Gasteiger partial charge in [0.2, 0.25) is 0 Å². The SMILES string of the molecule is Cc1ccc(C(=O)Nc2cc(C(F)(F)F)ccn2)cc1C#Cc1cncc(N2CC[C@H](N)C2)c1. The Balaban J connectivity index is 1.53. The highest BCUT2D eigenvalue weighted by atomic mass is 19.4. The van der Waals surface area contributed by atoms with Crippen molar-refractivity contribution in [2.24, 2.45) is 5.73 Å². The molecule has 174 valence electrons. The summed E-state index contributed by atoms with van der Waals surface area (Å²) in [6.07, 6.45) is 0.851. The molecule has 3 heterocycles. The molecule has 3 N–H and O–H groups in total. The van der Waals surface area contributed by atoms with Crippen LogP contribution in [0, 0.1) is 18.8 Å². The van der Waals surface area contributed by atoms with E-state index in [0.29, 0.717) is 5.56 Å². The first kappa shape index (κ1) is 23.3. The number of aryl methyl sites for hydroxylation is 1. The molecule has 0 unspecified atom stereocenters. The fourth-order valence-corrected chi connectivity index (χ4v) is 3.59. The van der Waals surface area contributed by atoms with E-state index in [2.05, 4.69) is 32.0 Å². The summed E-state index contributed by atoms with van der Waals surface area (Å²) in [6.45, 7) is 3.51. The first-order valence-electron chi connectivity index (χ1n) is 10.6. The fraction of sp³-hybridized carbons (Fsp3) is 0.240. The molecule has 0 bridgehead atoms. The standard InChI is InChI=1S/C25H22F3N5O/c1-16-2-4-19(24(34)32-23-12-20(6-8-31-23)25(26,27)28)11-18(16)5-3-17-10-22(14-30-13-17)33-9-7-21(29)15-33/h2,4,6,8,10-14,21H,7,9,15,29H2,1H3,(H,31,32,34)/t21-/m0/s1. The molecule has 0 aliphatic carbocycles. The van der Waals surface area contributed by atoms with Crippen LogP contribution in [0.3, 0.4) is 0 Å². The Morgan fingerprint density at radius 3 is 2.74 bits per heavy atom. The van der Waals surface area contributed by atoms with Crippen molar-refractivity contribution in [1.82, 2.24) is 9.97 Å². The topological polar surface area (TPSA) is 84.1 Å². The van der Waals surface area contributed by atoms with Crippen LogP contribution in [0.1, 0.15) is 39.0 Å². The number of halogens is 3. The van der Waals surface area contributed by atoms with Crippen LogP contribution < -0.4 is 16.0 Å². The van der Waals surface area contributed by atoms with Crippen LogP contribution in [0.5, 0.6) is 0 Å². The van der Waals surface area contributed by atoms with Crippen molar-refractivity contribution in [3.63, 3.8) is 0 Å². The molecule has 1 amide bonds. The molecule has 1 aromatic carbocycles. The first-order chi connectivity index (χ1) is 16.2. The Hall–Kier alpha value is -3.90. The first-order valence-corrected chi connectivity index (χ1v) is 10.6. The van der Waals surface area contributed by atoms with Crippen molar-refractivity contribution >= 4 is 17.4 Å². The number of hydrogen-bond acceptors (Lipinski definition) is 5. The van der Waals surface area contributed by atoms with Gasteiger partial charge in [-0.1, -0.05) is 17.9 Å². The lowest BCUT2D eigenvalue weighted by atomic mass is 10.0. The third-order valence-corrected chi connectivity index (χ3v) is 5.48. The van der Waals surface area contributed by atoms with Crippen LogP contribution in [-0.2, 0) is 6.18 Å². The van der Waals surface area contributed by atoms with Crippen LogP contribution in [-0.4, -0.2) is 35.0 Å². The van der Waals surface area contributed by atoms with Crippen molar-refractivity contribution in [3.8, 4) is 11.8 Å². The predicted octanol–water partition coefficient (Wildman–Crippen LogP) is 3.99. The van der Waals surface area contributed by atoms with E-state index in [1.165, 1.54) is 0 Å². The average molecular weight is 465 g/mol. The second kappa shape index (κ2) is 9.53. The summed E-state index contributed by atoms with van der Waals surface area (Å²) >= 11 is 0. The molecule has 34 heavy (non-hydrogen) atoms. The average Bonchev–Trinajstić information content (AvgIpc) is 3.24. The molecule has 1 aliphatic heterocycles. The van der Waals surface area contributed by atoms with Gasteiger partial charge in [-0.2, -0.15) is 13.2 Å². The van der Waals surface area contributed by atoms with Crippen molar-refractivity contribution in [3.05, 3.63) is 82.8 Å². The largest absolute Gasteiger partial charge is 0.416 e. The second-order valence-corrected chi connectivity index (χ2v) is 8.09. The number of amides is 1. The van der Waals surface area contributed by atoms with E-state index in [1.54, 1.807) is 30.6 Å². The quantitative estimate of drug-likeness (QED) is 0.572. The van der Waals surface area contributed by atoms with Gasteiger partial charge in [-0.25, -0.2) is 4.98 Å². The maximum Gasteiger partial charge on any atom is 0.416 e. The van der Waals surface area contributed by atoms with E-state index >= 15 is 0 Å². The Morgan fingerprint density at radius 2 is 2.00 bits per heavy atom. The van der Waals surface area contributed by atoms with E-state index in [1.807, 2.05) is 13.0 Å². The van der Waals surface area contributed by atoms with Gasteiger partial charge in [-0.15, -0.1) is 0 Å². The van der Waals surface area contributed by atoms with Crippen molar-refractivity contribution < 1.29 is 18.0 Å². The van der Waals surface area contributed by atoms with Gasteiger partial charge in [0.15, 0.2) is 0 Å². The van der Waals surface area contributed by atoms with E-state index in [9.17, 15) is 18.0 Å². The number of nitrogens with one attached hydrogen (secondary N) is 1. The van der Waals surface area contributed by atoms with Gasteiger partial charge >= 0.3 is 6.18 Å². The minimum atomic E-state index is -4.53. The number of pyridine rings is 2. The zero-order valence-electron chi connectivity index (χ0n) is 18.4. The Kier molecular flexibility index (Phi) is 6.52. The van der Waals surface area contributed by atoms with Crippen molar-refractivity contribution in [2.75, 3.05) is 23.3 Å². The number of nitrogens with two attached hydrogens (primary N) is 1. The minimum absolute atomic E-state index is 0.150. The molecular weight excluding hydrogens is 443 g/mol. The number of alkyl halides is 3. The van der Waals surface area contributed by atoms with Gasteiger partial charge in [0.05, 0.1) is 17.4 Å². The van der Waals surface area contributed by atoms with Crippen LogP contribution in [0.15, 0.2) is 55.0 Å². The Morgan fingerprint density at radius 1 is 1.18 bits per heavy atom. The highest BCUT2D eigenvalue weighted by molar-refractivity contribution is 6.04. The minimum Gasteiger partial charge on any atom is -0.369 e. The maximum absolute atomic E-state index is 12.9. The summed E-state index contributed by atoms with van der Waals surface area (Å²) in [5.41, 5.74) is 8.52. The van der Waals surface area contributed by atoms with Crippen LogP contribution in [0.25, 0.3) is 0 Å². The third-order valence-electron chi connectivity index (χ3n) is 5.48. The number of rotatable bonds is 3. The maximum atomic E-state index is 12.9. The zero-order valence-corrected chi connectivity index (χ0v) is 18.4. The van der Waals surface area contributed by atoms with Crippen molar-refractivity contribution in [2.45, 2.75) is 25.6 Å². The molecule has 3 aromatic rings. The van der Waals surface area contributed by atoms with Gasteiger partial charge in [-0.05, 0) is 49.2 Å². The molecule has 0 radical (unpaired) electrons. The molecule has 4 rings (SSSR count). The Labute approximate surface area is 195 Å². The highest BCUT2D eigenvalue weighted by Crippen LogP contribution is 2.30. The molecule has 0 saturated carbocycles. The number of anilines is 2. The summed E-state index contributed by atoms with van der Waals surface area (Å²) in [4.78, 5) is 22.9. The molecule has 1 atom stereocenters. The van der Waals surface area contributed by atoms with Gasteiger partial charge in [0.25, 0.3) is 5.91 Å². The van der Waals surface area contributed by atoms with Gasteiger partial charge in [0.1, 0.15) is 5.82 Å². The van der Waals surface area contributed by atoms with Gasteiger partial charge in [0, 0.05) is 48.2 Å². The van der Waals surface area contributed by atoms with E-state index in [0.717, 1.165) is 54.7 Å². The lowest BCUT2D eigenvalue weighted by Gasteiger charge is -2.17. The number of hydrogen-bond donors (Lipinski definition) is 2. The Bertz CT molecular complexity index is 1280. The summed E-state index contributed by atoms with van der Waals surface area (Å²) < 4.78 is 38.7. The summed E-state index contributed by atoms with van der Waals surface area (Å²) in [7, 11) is 0. The van der Waals surface area contributed by atoms with E-state index < -0.39 is 17.6 Å². The summed E-state index contributed by atoms with van der Waals surface area (Å²) in [6, 6.07) is 8.65. The van der Waals surface area contributed by atoms with Crippen molar-refractivity contribution in [1.29, 1.82) is 0 Å². The molecule has 6 nitrogen and oxygen atoms in total. The van der Waals surface area contributed by atoms with Crippen LogP contribution >= 0.6 is 0 Å². The fourth-order valence-electron chi connectivity index (χ4n) is 3.59. The van der Waals surface area contributed by atoms with Crippen LogP contribution in [0.4, 0.5) is 24.7 Å². The summed E-state index contributed by atoms with van der Waals surface area (Å²) in [5.74, 6) is 5.38. The highest BCUT2D eigenvalue weighted by Gasteiger charge is 2.30. The lowest BCUT2D eigenvalue weighted by Crippen LogP contribution is -2.26. The summed E-state index contributed by atoms with van der Waals surface area (Å²) in [5, 5.41) is 2.41. The smallest absolute Gasteiger partial charge is 0.369 e. The second-order valence-electron chi connectivity index (χ2n) is 8.09. The normalized spacial score (nSPS) is 15.6. The monoisotopic (exact) mass is 465 g/mol. The molecule has 1 aliphatic rings. The number of aromatic nitrogens is 2. The van der Waals surface area contributed by atoms with Gasteiger partial charge in [-0.3, -0.25) is 9.78 Å². The van der Waals surface area contributed by atoms with Crippen LogP contribution in [0.2, 0.25) is 0 Å². The third kappa shape index (κ3) is 5.53. The number of nitrogens with zero attached hydrogens (tertiary/aromatic N) is 3. The van der Waals surface area contributed by atoms with E-state index in [4.69, 9.17) is 5.73 Å². The number of carbonyl (C=O) groups is 1. The number of carbonyl (C=O) groups excluding carboxylic acids is 1. The predicted molar refractivity (Wildman–Crippen MR) is 123 cm³/mol. The zero-order chi connectivity index (χ0) is 24.3. The number of benzene rings is 1. The molecule has 1 saturated heterocycles. The van der Waals surface area contributed by atoms with Gasteiger partial charge < -0.3 is 16.0 Å². The lowest BCUT2D eigenvalue weighted by molar-refractivity contribution is -0.137. The molecule has 0 spiro atoms. The van der Waals surface area contributed by atoms with E-state index in [-0.39, 0.29) is 17.4 Å². The molecule has 1 fully saturated rings. The molecule has 2 aromatic heterocycles. The molecular formula is C25H22F3N5O. The molecule has 9 heteroatoms.